The minimum Gasteiger partial charge on any atom is -0.356 e. The zero-order chi connectivity index (χ0) is 16.7. The van der Waals surface area contributed by atoms with Gasteiger partial charge in [0.25, 0.3) is 5.69 Å². The first kappa shape index (κ1) is 17.4. The first-order valence-corrected chi connectivity index (χ1v) is 8.65. The number of hydrogen-bond donors (Lipinski definition) is 1. The number of non-ortho nitro benzene ring substituents is 1. The van der Waals surface area contributed by atoms with E-state index in [0.29, 0.717) is 0 Å². The molecule has 0 saturated heterocycles. The predicted molar refractivity (Wildman–Crippen MR) is 90.3 cm³/mol. The molecule has 5 nitrogen and oxygen atoms in total. The average molecular weight is 318 g/mol. The number of nitro benzene ring substituents is 1. The third kappa shape index (κ3) is 5.34. The molecule has 0 bridgehead atoms. The second-order valence-corrected chi connectivity index (χ2v) is 6.36. The Balaban J connectivity index is 1.65. The number of hydrogen-bond acceptors (Lipinski definition) is 3. The number of unbranched alkanes of at least 4 members (excludes halogenated alkanes) is 5. The number of carbonyl (C=O) groups is 1. The quantitative estimate of drug-likeness (QED) is 0.400. The van der Waals surface area contributed by atoms with Gasteiger partial charge in [-0.3, -0.25) is 14.9 Å². The molecule has 1 aliphatic carbocycles. The first-order valence-electron chi connectivity index (χ1n) is 8.65. The van der Waals surface area contributed by atoms with Gasteiger partial charge in [-0.25, -0.2) is 0 Å². The van der Waals surface area contributed by atoms with Crippen molar-refractivity contribution in [1.82, 2.24) is 5.32 Å². The van der Waals surface area contributed by atoms with Crippen LogP contribution in [0.1, 0.15) is 63.4 Å². The van der Waals surface area contributed by atoms with Crippen molar-refractivity contribution in [3.05, 3.63) is 39.9 Å². The molecule has 1 amide bonds. The van der Waals surface area contributed by atoms with Crippen molar-refractivity contribution in [2.24, 2.45) is 5.92 Å². The van der Waals surface area contributed by atoms with Gasteiger partial charge in [-0.1, -0.05) is 51.2 Å². The smallest absolute Gasteiger partial charge is 0.269 e. The van der Waals surface area contributed by atoms with Crippen LogP contribution >= 0.6 is 0 Å². The predicted octanol–water partition coefficient (Wildman–Crippen LogP) is 4.18. The van der Waals surface area contributed by atoms with Crippen molar-refractivity contribution in [3.8, 4) is 0 Å². The average Bonchev–Trinajstić information content (AvgIpc) is 3.34. The summed E-state index contributed by atoms with van der Waals surface area (Å²) in [6.45, 7) is 2.96. The number of nitrogens with zero attached hydrogens (tertiary/aromatic N) is 1. The van der Waals surface area contributed by atoms with Gasteiger partial charge in [0, 0.05) is 24.6 Å². The van der Waals surface area contributed by atoms with Gasteiger partial charge < -0.3 is 5.32 Å². The molecule has 5 heteroatoms. The monoisotopic (exact) mass is 318 g/mol. The Kier molecular flexibility index (Phi) is 6.56. The molecule has 1 aromatic carbocycles. The molecular formula is C18H26N2O3. The largest absolute Gasteiger partial charge is 0.356 e. The highest BCUT2D eigenvalue weighted by molar-refractivity contribution is 5.82. The second kappa shape index (κ2) is 8.65. The molecule has 1 aliphatic rings. The number of rotatable bonds is 10. The fraction of sp³-hybridized carbons (Fsp3) is 0.611. The highest BCUT2D eigenvalue weighted by Crippen LogP contribution is 2.47. The molecule has 2 rings (SSSR count). The van der Waals surface area contributed by atoms with Crippen LogP contribution in [-0.2, 0) is 4.79 Å². The highest BCUT2D eigenvalue weighted by atomic mass is 16.6. The summed E-state index contributed by atoms with van der Waals surface area (Å²) in [7, 11) is 0. The van der Waals surface area contributed by atoms with Crippen LogP contribution in [0.15, 0.2) is 24.3 Å². The van der Waals surface area contributed by atoms with E-state index in [1.807, 2.05) is 0 Å². The summed E-state index contributed by atoms with van der Waals surface area (Å²) < 4.78 is 0. The lowest BCUT2D eigenvalue weighted by atomic mass is 10.1. The van der Waals surface area contributed by atoms with E-state index in [0.717, 1.165) is 24.9 Å². The number of nitrogens with one attached hydrogen (secondary N) is 1. The van der Waals surface area contributed by atoms with Crippen molar-refractivity contribution >= 4 is 11.6 Å². The second-order valence-electron chi connectivity index (χ2n) is 6.36. The van der Waals surface area contributed by atoms with Crippen LogP contribution in [0, 0.1) is 16.0 Å². The summed E-state index contributed by atoms with van der Waals surface area (Å²) in [5.74, 6) is 0.388. The molecule has 126 valence electrons. The molecule has 1 fully saturated rings. The molecule has 1 aromatic rings. The van der Waals surface area contributed by atoms with Crippen LogP contribution in [0.3, 0.4) is 0 Å². The van der Waals surface area contributed by atoms with Gasteiger partial charge in [0.05, 0.1) is 4.92 Å². The summed E-state index contributed by atoms with van der Waals surface area (Å²) in [6, 6.07) is 6.56. The molecule has 1 saturated carbocycles. The Bertz CT molecular complexity index is 528. The third-order valence-corrected chi connectivity index (χ3v) is 4.49. The number of benzene rings is 1. The SMILES string of the molecule is CCCCCCCCNC(=O)[C@@H]1C[C@H]1c1ccc([N+](=O)[O-])cc1. The molecule has 0 aliphatic heterocycles. The Morgan fingerprint density at radius 3 is 2.48 bits per heavy atom. The van der Waals surface area contributed by atoms with Crippen molar-refractivity contribution in [2.75, 3.05) is 6.54 Å². The van der Waals surface area contributed by atoms with Crippen LogP contribution in [0.4, 0.5) is 5.69 Å². The van der Waals surface area contributed by atoms with E-state index in [1.165, 1.54) is 44.2 Å². The van der Waals surface area contributed by atoms with E-state index >= 15 is 0 Å². The van der Waals surface area contributed by atoms with Crippen molar-refractivity contribution in [1.29, 1.82) is 0 Å². The standard InChI is InChI=1S/C18H26N2O3/c1-2-3-4-5-6-7-12-19-18(21)17-13-16(17)14-8-10-15(11-9-14)20(22)23/h8-11,16-17H,2-7,12-13H2,1H3,(H,19,21)/t16-,17+/m0/s1. The van der Waals surface area contributed by atoms with E-state index in [1.54, 1.807) is 12.1 Å². The van der Waals surface area contributed by atoms with E-state index in [9.17, 15) is 14.9 Å². The van der Waals surface area contributed by atoms with Gasteiger partial charge in [0.15, 0.2) is 0 Å². The van der Waals surface area contributed by atoms with Gasteiger partial charge in [-0.05, 0) is 24.3 Å². The van der Waals surface area contributed by atoms with E-state index in [-0.39, 0.29) is 23.4 Å². The van der Waals surface area contributed by atoms with Gasteiger partial charge in [-0.2, -0.15) is 0 Å². The maximum atomic E-state index is 12.1. The maximum Gasteiger partial charge on any atom is 0.269 e. The van der Waals surface area contributed by atoms with E-state index in [4.69, 9.17) is 0 Å². The zero-order valence-electron chi connectivity index (χ0n) is 13.8. The van der Waals surface area contributed by atoms with Crippen LogP contribution in [0.5, 0.6) is 0 Å². The Morgan fingerprint density at radius 1 is 1.17 bits per heavy atom. The molecule has 2 atom stereocenters. The minimum absolute atomic E-state index is 0.0385. The number of carbonyl (C=O) groups excluding carboxylic acids is 1. The fourth-order valence-electron chi connectivity index (χ4n) is 2.94. The van der Waals surface area contributed by atoms with Gasteiger partial charge in [0.2, 0.25) is 5.91 Å². The third-order valence-electron chi connectivity index (χ3n) is 4.49. The fourth-order valence-corrected chi connectivity index (χ4v) is 2.94. The molecular weight excluding hydrogens is 292 g/mol. The summed E-state index contributed by atoms with van der Waals surface area (Å²) in [6.07, 6.45) is 8.16. The van der Waals surface area contributed by atoms with E-state index in [2.05, 4.69) is 12.2 Å². The van der Waals surface area contributed by atoms with Crippen LogP contribution in [-0.4, -0.2) is 17.4 Å². The van der Waals surface area contributed by atoms with E-state index < -0.39 is 4.92 Å². The topological polar surface area (TPSA) is 72.2 Å². The molecule has 23 heavy (non-hydrogen) atoms. The van der Waals surface area contributed by atoms with Crippen LogP contribution < -0.4 is 5.32 Å². The summed E-state index contributed by atoms with van der Waals surface area (Å²) in [4.78, 5) is 22.3. The maximum absolute atomic E-state index is 12.1. The Labute approximate surface area is 137 Å². The number of nitro groups is 1. The lowest BCUT2D eigenvalue weighted by molar-refractivity contribution is -0.384. The Hall–Kier alpha value is -1.91. The summed E-state index contributed by atoms with van der Waals surface area (Å²) in [5.41, 5.74) is 1.12. The molecule has 0 radical (unpaired) electrons. The summed E-state index contributed by atoms with van der Waals surface area (Å²) in [5, 5.41) is 13.7. The van der Waals surface area contributed by atoms with Crippen molar-refractivity contribution in [3.63, 3.8) is 0 Å². The van der Waals surface area contributed by atoms with Crippen LogP contribution in [0.2, 0.25) is 0 Å². The molecule has 0 unspecified atom stereocenters. The Morgan fingerprint density at radius 2 is 1.83 bits per heavy atom. The highest BCUT2D eigenvalue weighted by Gasteiger charge is 2.43. The van der Waals surface area contributed by atoms with Crippen LogP contribution in [0.25, 0.3) is 0 Å². The molecule has 0 spiro atoms. The normalized spacial score (nSPS) is 19.3. The molecule has 0 heterocycles. The van der Waals surface area contributed by atoms with Crippen molar-refractivity contribution < 1.29 is 9.72 Å². The lowest BCUT2D eigenvalue weighted by Crippen LogP contribution is -2.26. The first-order chi connectivity index (χ1) is 11.1. The zero-order valence-corrected chi connectivity index (χ0v) is 13.8. The molecule has 0 aromatic heterocycles. The van der Waals surface area contributed by atoms with Crippen molar-refractivity contribution in [2.45, 2.75) is 57.8 Å². The minimum atomic E-state index is -0.401. The number of amides is 1. The summed E-state index contributed by atoms with van der Waals surface area (Å²) >= 11 is 0. The lowest BCUT2D eigenvalue weighted by Gasteiger charge is -2.05. The van der Waals surface area contributed by atoms with Gasteiger partial charge >= 0.3 is 0 Å². The van der Waals surface area contributed by atoms with Gasteiger partial charge in [0.1, 0.15) is 0 Å². The van der Waals surface area contributed by atoms with Gasteiger partial charge in [-0.15, -0.1) is 0 Å². The molecule has 1 N–H and O–H groups in total.